The first-order chi connectivity index (χ1) is 14.6. The fourth-order valence-corrected chi connectivity index (χ4v) is 7.38. The van der Waals surface area contributed by atoms with Crippen LogP contribution in [0.4, 0.5) is 0 Å². The van der Waals surface area contributed by atoms with Crippen molar-refractivity contribution in [3.8, 4) is 5.88 Å². The molecule has 0 aliphatic carbocycles. The monoisotopic (exact) mass is 517 g/mol. The van der Waals surface area contributed by atoms with Gasteiger partial charge in [0.15, 0.2) is 25.0 Å². The Morgan fingerprint density at radius 3 is 2.19 bits per heavy atom. The van der Waals surface area contributed by atoms with Crippen LogP contribution in [0.25, 0.3) is 4.96 Å². The van der Waals surface area contributed by atoms with Gasteiger partial charge in [-0.25, -0.2) is 4.79 Å². The van der Waals surface area contributed by atoms with Gasteiger partial charge in [0, 0.05) is 5.38 Å². The maximum atomic E-state index is 12.4. The minimum Gasteiger partial charge on any atom is -0.477 e. The lowest BCUT2D eigenvalue weighted by molar-refractivity contribution is -0.748. The second-order valence-corrected chi connectivity index (χ2v) is 25.5. The van der Waals surface area contributed by atoms with E-state index in [0.29, 0.717) is 11.6 Å². The quantitative estimate of drug-likeness (QED) is 0.426. The van der Waals surface area contributed by atoms with Gasteiger partial charge >= 0.3 is 10.5 Å². The first-order valence-corrected chi connectivity index (χ1v) is 22.0. The topological polar surface area (TPSA) is 82.5 Å². The highest BCUT2D eigenvalue weighted by Crippen LogP contribution is 2.36. The lowest BCUT2D eigenvalue weighted by atomic mass is 10.1. The molecule has 4 atom stereocenters. The second-order valence-electron chi connectivity index (χ2n) is 11.1. The second kappa shape index (κ2) is 9.06. The van der Waals surface area contributed by atoms with Crippen LogP contribution in [0.3, 0.4) is 0 Å². The van der Waals surface area contributed by atoms with Crippen LogP contribution >= 0.6 is 11.3 Å². The zero-order valence-corrected chi connectivity index (χ0v) is 24.4. The molecule has 32 heavy (non-hydrogen) atoms. The summed E-state index contributed by atoms with van der Waals surface area (Å²) in [6.07, 6.45) is -0.0774. The van der Waals surface area contributed by atoms with Crippen molar-refractivity contribution < 1.29 is 27.7 Å². The van der Waals surface area contributed by atoms with Crippen LogP contribution in [-0.4, -0.2) is 59.4 Å². The van der Waals surface area contributed by atoms with Crippen LogP contribution in [0, 0.1) is 0 Å². The molecule has 1 aliphatic heterocycles. The number of hydrogen-bond acceptors (Lipinski definition) is 7. The Kier molecular flexibility index (Phi) is 7.29. The highest BCUT2D eigenvalue weighted by atomic mass is 32.1. The highest BCUT2D eigenvalue weighted by Gasteiger charge is 2.53. The summed E-state index contributed by atoms with van der Waals surface area (Å²) in [5, 5.41) is 12.6. The van der Waals surface area contributed by atoms with Gasteiger partial charge in [0.1, 0.15) is 30.6 Å². The Morgan fingerprint density at radius 2 is 1.62 bits per heavy atom. The summed E-state index contributed by atoms with van der Waals surface area (Å²) in [7, 11) is -5.77. The summed E-state index contributed by atoms with van der Waals surface area (Å²) in [6, 6.07) is 1.22. The van der Waals surface area contributed by atoms with Crippen molar-refractivity contribution in [3.63, 3.8) is 0 Å². The fraction of sp³-hybridized carbons (Fsp3) is 0.700. The van der Waals surface area contributed by atoms with Crippen molar-refractivity contribution in [2.45, 2.75) is 83.5 Å². The van der Waals surface area contributed by atoms with Crippen molar-refractivity contribution in [3.05, 3.63) is 28.0 Å². The Hall–Kier alpha value is -0.869. The van der Waals surface area contributed by atoms with Crippen LogP contribution in [0.15, 0.2) is 22.4 Å². The molecule has 1 aliphatic rings. The Morgan fingerprint density at radius 1 is 1.03 bits per heavy atom. The van der Waals surface area contributed by atoms with E-state index >= 15 is 0 Å². The maximum absolute atomic E-state index is 12.4. The summed E-state index contributed by atoms with van der Waals surface area (Å²) in [5.74, 6) is -0.148. The molecule has 1 N–H and O–H groups in total. The number of nitrogens with zero attached hydrogens (tertiary/aromatic N) is 2. The molecule has 0 radical (unpaired) electrons. The largest absolute Gasteiger partial charge is 0.477 e. The average molecular weight is 518 g/mol. The van der Waals surface area contributed by atoms with Crippen molar-refractivity contribution >= 4 is 41.2 Å². The molecule has 0 aromatic carbocycles. The lowest BCUT2D eigenvalue weighted by Crippen LogP contribution is -2.53. The van der Waals surface area contributed by atoms with Gasteiger partial charge in [-0.05, 0) is 58.9 Å². The van der Waals surface area contributed by atoms with Gasteiger partial charge in [0.2, 0.25) is 6.23 Å². The minimum absolute atomic E-state index is 0.148. The Balaban J connectivity index is 2.11. The van der Waals surface area contributed by atoms with Crippen LogP contribution in [0.2, 0.25) is 58.9 Å². The Labute approximate surface area is 197 Å². The van der Waals surface area contributed by atoms with E-state index in [0.717, 1.165) is 0 Å². The predicted molar refractivity (Wildman–Crippen MR) is 133 cm³/mol. The van der Waals surface area contributed by atoms with Gasteiger partial charge in [-0.2, -0.15) is 8.97 Å². The third-order valence-corrected chi connectivity index (χ3v) is 8.59. The van der Waals surface area contributed by atoms with Gasteiger partial charge in [0.05, 0.1) is 6.61 Å². The molecule has 1 fully saturated rings. The Bertz CT molecular complexity index is 1010. The van der Waals surface area contributed by atoms with Crippen molar-refractivity contribution in [1.29, 1.82) is 0 Å². The zero-order valence-electron chi connectivity index (χ0n) is 20.5. The average Bonchev–Trinajstić information content (AvgIpc) is 3.18. The molecular formula is C20H37N2O6SSi3+. The molecule has 12 heteroatoms. The first kappa shape index (κ1) is 25.7. The molecule has 0 saturated carbocycles. The van der Waals surface area contributed by atoms with E-state index in [2.05, 4.69) is 58.9 Å². The molecule has 0 spiro atoms. The summed E-state index contributed by atoms with van der Waals surface area (Å²) in [4.78, 5) is 12.9. The fourth-order valence-electron chi connectivity index (χ4n) is 3.67. The van der Waals surface area contributed by atoms with E-state index < -0.39 is 37.3 Å². The van der Waals surface area contributed by atoms with E-state index in [1.54, 1.807) is 10.8 Å². The van der Waals surface area contributed by atoms with Gasteiger partial charge in [-0.15, -0.1) is 0 Å². The van der Waals surface area contributed by atoms with Crippen LogP contribution in [0.5, 0.6) is 5.88 Å². The third kappa shape index (κ3) is 6.17. The van der Waals surface area contributed by atoms with Crippen LogP contribution in [-0.2, 0) is 18.0 Å². The third-order valence-electron chi connectivity index (χ3n) is 4.73. The number of aromatic nitrogens is 2. The van der Waals surface area contributed by atoms with Gasteiger partial charge in [-0.1, -0.05) is 11.3 Å². The van der Waals surface area contributed by atoms with Crippen molar-refractivity contribution in [2.75, 3.05) is 6.61 Å². The highest BCUT2D eigenvalue weighted by molar-refractivity contribution is 7.14. The van der Waals surface area contributed by atoms with E-state index in [-0.39, 0.29) is 23.6 Å². The minimum atomic E-state index is -2.02. The lowest BCUT2D eigenvalue weighted by Gasteiger charge is -2.33. The van der Waals surface area contributed by atoms with Crippen LogP contribution < -0.4 is 10.1 Å². The van der Waals surface area contributed by atoms with Crippen molar-refractivity contribution in [1.82, 2.24) is 4.40 Å². The number of fused-ring (bicyclic) bond motifs is 1. The van der Waals surface area contributed by atoms with Crippen molar-refractivity contribution in [2.24, 2.45) is 0 Å². The molecule has 3 rings (SSSR count). The van der Waals surface area contributed by atoms with E-state index in [9.17, 15) is 9.90 Å². The molecule has 180 valence electrons. The summed E-state index contributed by atoms with van der Waals surface area (Å²) in [5.41, 5.74) is -0.288. The molecule has 2 aromatic heterocycles. The van der Waals surface area contributed by atoms with Gasteiger partial charge in [0.25, 0.3) is 5.88 Å². The standard InChI is InChI=1S/C20H36N2O6SSi3/c1-30(2,3)25-13-14-17(27-31(4,5)6)18(28-32(7,8)9)19(26-14)22-16(24)12-15(23)21-10-11-29-20(21)22/h10-12,14,17-19H,13H2,1-9H3/p+1/t14-,17-,18-,19-/m1/s1. The molecule has 3 heterocycles. The van der Waals surface area contributed by atoms with E-state index in [1.807, 2.05) is 5.38 Å². The molecule has 1 saturated heterocycles. The summed E-state index contributed by atoms with van der Waals surface area (Å²) < 4.78 is 29.2. The summed E-state index contributed by atoms with van der Waals surface area (Å²) >= 11 is 1.37. The molecule has 8 nitrogen and oxygen atoms in total. The number of aromatic hydroxyl groups is 1. The number of rotatable bonds is 8. The van der Waals surface area contributed by atoms with Gasteiger partial charge in [-0.3, -0.25) is 0 Å². The number of thiazole rings is 1. The summed E-state index contributed by atoms with van der Waals surface area (Å²) in [6.45, 7) is 19.6. The molecule has 2 aromatic rings. The van der Waals surface area contributed by atoms with Crippen LogP contribution in [0.1, 0.15) is 6.23 Å². The van der Waals surface area contributed by atoms with Gasteiger partial charge < -0.3 is 23.1 Å². The molecule has 0 unspecified atom stereocenters. The SMILES string of the molecule is C[Si](C)(C)OC[C@H]1O[C@@H]([n+]2c(O)cc(=O)n3ccsc32)[C@H](O[Si](C)(C)C)[C@@H]1O[Si](C)(C)C. The molecular weight excluding hydrogens is 481 g/mol. The van der Waals surface area contributed by atoms with E-state index in [4.69, 9.17) is 18.0 Å². The smallest absolute Gasteiger partial charge is 0.353 e. The first-order valence-electron chi connectivity index (χ1n) is 10.9. The number of hydrogen-bond donors (Lipinski definition) is 1. The maximum Gasteiger partial charge on any atom is 0.353 e. The molecule has 0 bridgehead atoms. The number of ether oxygens (including phenoxy) is 1. The predicted octanol–water partition coefficient (Wildman–Crippen LogP) is 3.54. The van der Waals surface area contributed by atoms with E-state index in [1.165, 1.54) is 21.8 Å². The molecule has 0 amide bonds. The zero-order chi connectivity index (χ0) is 24.1. The normalized spacial score (nSPS) is 25.0.